The third-order valence-corrected chi connectivity index (χ3v) is 4.90. The summed E-state index contributed by atoms with van der Waals surface area (Å²) < 4.78 is 62.5. The van der Waals surface area contributed by atoms with Gasteiger partial charge in [0.25, 0.3) is 11.4 Å². The lowest BCUT2D eigenvalue weighted by Crippen LogP contribution is -2.31. The van der Waals surface area contributed by atoms with Crippen molar-refractivity contribution in [1.82, 2.24) is 4.31 Å². The van der Waals surface area contributed by atoms with Crippen LogP contribution in [0.2, 0.25) is 0 Å². The van der Waals surface area contributed by atoms with E-state index in [1.807, 2.05) is 0 Å². The topological polar surface area (TPSA) is 136 Å². The van der Waals surface area contributed by atoms with Gasteiger partial charge in [0.05, 0.1) is 21.7 Å². The van der Waals surface area contributed by atoms with Gasteiger partial charge in [-0.25, -0.2) is 12.7 Å². The molecule has 1 N–H and O–H groups in total. The van der Waals surface area contributed by atoms with Crippen molar-refractivity contribution in [3.8, 4) is 0 Å². The van der Waals surface area contributed by atoms with E-state index in [4.69, 9.17) is 0 Å². The van der Waals surface area contributed by atoms with Crippen molar-refractivity contribution in [2.45, 2.75) is 19.5 Å². The number of nitro groups is 2. The SMILES string of the molecule is CCN(CCCNc1c([N+](=O)[O-])cc(C(F)(F)F)cc1[N+](=O)[O-])S(C)(=O)=O. The molecule has 0 bridgehead atoms. The quantitative estimate of drug-likeness (QED) is 0.373. The monoisotopic (exact) mass is 414 g/mol. The Labute approximate surface area is 152 Å². The molecule has 0 aliphatic heterocycles. The molecule has 1 aromatic carbocycles. The largest absolute Gasteiger partial charge is 0.416 e. The van der Waals surface area contributed by atoms with Gasteiger partial charge in [-0.2, -0.15) is 13.2 Å². The minimum absolute atomic E-state index is 0.0323. The molecule has 152 valence electrons. The molecule has 0 aliphatic carbocycles. The lowest BCUT2D eigenvalue weighted by atomic mass is 10.1. The number of nitrogens with one attached hydrogen (secondary N) is 1. The first-order chi connectivity index (χ1) is 12.3. The molecule has 0 radical (unpaired) electrons. The van der Waals surface area contributed by atoms with Gasteiger partial charge in [0.2, 0.25) is 10.0 Å². The van der Waals surface area contributed by atoms with Crippen LogP contribution in [0.5, 0.6) is 0 Å². The highest BCUT2D eigenvalue weighted by Gasteiger charge is 2.37. The summed E-state index contributed by atoms with van der Waals surface area (Å²) in [7, 11) is -3.46. The molecule has 0 heterocycles. The van der Waals surface area contributed by atoms with Gasteiger partial charge in [-0.05, 0) is 6.42 Å². The summed E-state index contributed by atoms with van der Waals surface area (Å²) in [5.41, 5.74) is -4.36. The second-order valence-electron chi connectivity index (χ2n) is 5.44. The van der Waals surface area contributed by atoms with E-state index in [0.29, 0.717) is 0 Å². The first kappa shape index (κ1) is 22.6. The van der Waals surface area contributed by atoms with Crippen molar-refractivity contribution in [3.05, 3.63) is 37.9 Å². The molecule has 14 heteroatoms. The first-order valence-electron chi connectivity index (χ1n) is 7.52. The molecule has 0 amide bonds. The average Bonchev–Trinajstić information content (AvgIpc) is 2.51. The summed E-state index contributed by atoms with van der Waals surface area (Å²) in [6.07, 6.45) is -3.88. The van der Waals surface area contributed by atoms with Crippen LogP contribution in [-0.2, 0) is 16.2 Å². The molecule has 27 heavy (non-hydrogen) atoms. The molecule has 0 atom stereocenters. The van der Waals surface area contributed by atoms with E-state index < -0.39 is 48.7 Å². The van der Waals surface area contributed by atoms with Gasteiger partial charge in [-0.1, -0.05) is 6.92 Å². The second kappa shape index (κ2) is 8.47. The van der Waals surface area contributed by atoms with Crippen LogP contribution >= 0.6 is 0 Å². The smallest absolute Gasteiger partial charge is 0.374 e. The third-order valence-electron chi connectivity index (χ3n) is 3.53. The molecule has 0 unspecified atom stereocenters. The molecule has 0 fully saturated rings. The van der Waals surface area contributed by atoms with Crippen LogP contribution in [-0.4, -0.2) is 48.5 Å². The fourth-order valence-corrected chi connectivity index (χ4v) is 3.20. The van der Waals surface area contributed by atoms with Crippen LogP contribution in [0.4, 0.5) is 30.2 Å². The summed E-state index contributed by atoms with van der Waals surface area (Å²) in [5.74, 6) is 0. The number of anilines is 1. The van der Waals surface area contributed by atoms with E-state index in [9.17, 15) is 41.8 Å². The zero-order valence-electron chi connectivity index (χ0n) is 14.3. The number of sulfonamides is 1. The highest BCUT2D eigenvalue weighted by molar-refractivity contribution is 7.88. The van der Waals surface area contributed by atoms with Crippen LogP contribution in [0.25, 0.3) is 0 Å². The third kappa shape index (κ3) is 6.02. The van der Waals surface area contributed by atoms with Gasteiger partial charge in [-0.15, -0.1) is 0 Å². The second-order valence-corrected chi connectivity index (χ2v) is 7.42. The number of halogens is 3. The van der Waals surface area contributed by atoms with E-state index in [1.165, 1.54) is 0 Å². The molecular weight excluding hydrogens is 397 g/mol. The summed E-state index contributed by atoms with van der Waals surface area (Å²) in [6, 6.07) is 0.425. The van der Waals surface area contributed by atoms with Gasteiger partial charge in [0.1, 0.15) is 0 Å². The van der Waals surface area contributed by atoms with Crippen molar-refractivity contribution in [2.75, 3.05) is 31.2 Å². The standard InChI is InChI=1S/C13H17F3N4O6S/c1-3-18(27(2,25)26)6-4-5-17-12-10(19(21)22)7-9(13(14,15)16)8-11(12)20(23)24/h7-8,17H,3-6H2,1-2H3. The Balaban J connectivity index is 3.12. The number of hydrogen-bond acceptors (Lipinski definition) is 7. The molecule has 0 saturated carbocycles. The number of nitrogens with zero attached hydrogens (tertiary/aromatic N) is 3. The Hall–Kier alpha value is -2.48. The van der Waals surface area contributed by atoms with Crippen LogP contribution in [0.1, 0.15) is 18.9 Å². The van der Waals surface area contributed by atoms with Gasteiger partial charge in [0, 0.05) is 31.8 Å². The Morgan fingerprint density at radius 2 is 1.63 bits per heavy atom. The average molecular weight is 414 g/mol. The van der Waals surface area contributed by atoms with E-state index in [-0.39, 0.29) is 38.2 Å². The summed E-state index contributed by atoms with van der Waals surface area (Å²) in [4.78, 5) is 19.9. The van der Waals surface area contributed by atoms with Crippen LogP contribution in [0.15, 0.2) is 12.1 Å². The Morgan fingerprint density at radius 3 is 1.96 bits per heavy atom. The van der Waals surface area contributed by atoms with Gasteiger partial charge < -0.3 is 5.32 Å². The number of benzene rings is 1. The van der Waals surface area contributed by atoms with Crippen LogP contribution < -0.4 is 5.32 Å². The maximum absolute atomic E-state index is 12.8. The van der Waals surface area contributed by atoms with Crippen molar-refractivity contribution in [2.24, 2.45) is 0 Å². The molecule has 1 aromatic rings. The fraction of sp³-hybridized carbons (Fsp3) is 0.538. The van der Waals surface area contributed by atoms with Crippen molar-refractivity contribution < 1.29 is 31.4 Å². The zero-order valence-corrected chi connectivity index (χ0v) is 15.1. The summed E-state index contributed by atoms with van der Waals surface area (Å²) in [5, 5.41) is 24.5. The highest BCUT2D eigenvalue weighted by atomic mass is 32.2. The Kier molecular flexibility index (Phi) is 7.08. The molecule has 0 aliphatic rings. The molecule has 0 spiro atoms. The van der Waals surface area contributed by atoms with Crippen LogP contribution in [0, 0.1) is 20.2 Å². The highest BCUT2D eigenvalue weighted by Crippen LogP contribution is 2.41. The molecule has 0 saturated heterocycles. The molecular formula is C13H17F3N4O6S. The lowest BCUT2D eigenvalue weighted by Gasteiger charge is -2.18. The molecule has 0 aromatic heterocycles. The maximum atomic E-state index is 12.8. The predicted octanol–water partition coefficient (Wildman–Crippen LogP) is 2.61. The predicted molar refractivity (Wildman–Crippen MR) is 90.0 cm³/mol. The summed E-state index contributed by atoms with van der Waals surface area (Å²) >= 11 is 0. The van der Waals surface area contributed by atoms with Crippen molar-refractivity contribution in [1.29, 1.82) is 0 Å². The first-order valence-corrected chi connectivity index (χ1v) is 9.36. The van der Waals surface area contributed by atoms with E-state index >= 15 is 0 Å². The van der Waals surface area contributed by atoms with Crippen molar-refractivity contribution in [3.63, 3.8) is 0 Å². The van der Waals surface area contributed by atoms with E-state index in [2.05, 4.69) is 5.32 Å². The molecule has 10 nitrogen and oxygen atoms in total. The Bertz CT molecular complexity index is 793. The van der Waals surface area contributed by atoms with Gasteiger partial charge in [0.15, 0.2) is 5.69 Å². The van der Waals surface area contributed by atoms with E-state index in [1.54, 1.807) is 6.92 Å². The fourth-order valence-electron chi connectivity index (χ4n) is 2.27. The van der Waals surface area contributed by atoms with Crippen molar-refractivity contribution >= 4 is 27.1 Å². The minimum Gasteiger partial charge on any atom is -0.374 e. The van der Waals surface area contributed by atoms with Crippen LogP contribution in [0.3, 0.4) is 0 Å². The van der Waals surface area contributed by atoms with Gasteiger partial charge in [-0.3, -0.25) is 20.2 Å². The number of alkyl halides is 3. The normalized spacial score (nSPS) is 12.2. The zero-order chi connectivity index (χ0) is 21.0. The lowest BCUT2D eigenvalue weighted by molar-refractivity contribution is -0.392. The summed E-state index contributed by atoms with van der Waals surface area (Å²) in [6.45, 7) is 1.68. The number of hydrogen-bond donors (Lipinski definition) is 1. The minimum atomic E-state index is -4.99. The van der Waals surface area contributed by atoms with Gasteiger partial charge >= 0.3 is 6.18 Å². The van der Waals surface area contributed by atoms with E-state index in [0.717, 1.165) is 10.6 Å². The molecule has 1 rings (SSSR count). The number of nitro benzene ring substituents is 2. The maximum Gasteiger partial charge on any atom is 0.416 e. The Morgan fingerprint density at radius 1 is 1.15 bits per heavy atom. The number of rotatable bonds is 9.